The van der Waals surface area contributed by atoms with Crippen LogP contribution in [0.1, 0.15) is 27.3 Å². The van der Waals surface area contributed by atoms with E-state index in [1.165, 1.54) is 37.3 Å². The smallest absolute Gasteiger partial charge is 0.346 e. The first-order valence-corrected chi connectivity index (χ1v) is 8.87. The van der Waals surface area contributed by atoms with E-state index in [2.05, 4.69) is 10.4 Å². The lowest BCUT2D eigenvalue weighted by molar-refractivity contribution is -0.384. The predicted molar refractivity (Wildman–Crippen MR) is 104 cm³/mol. The number of rotatable bonds is 5. The van der Waals surface area contributed by atoms with Gasteiger partial charge in [0.05, 0.1) is 10.5 Å². The Morgan fingerprint density at radius 2 is 1.81 bits per heavy atom. The summed E-state index contributed by atoms with van der Waals surface area (Å²) in [6.45, 7) is 1.37. The molecule has 160 valence electrons. The van der Waals surface area contributed by atoms with Gasteiger partial charge in [0.15, 0.2) is 5.69 Å². The minimum Gasteiger partial charge on any atom is -0.346 e. The average Bonchev–Trinajstić information content (AvgIpc) is 2.72. The molecule has 8 nitrogen and oxygen atoms in total. The molecule has 0 saturated heterocycles. The zero-order valence-electron chi connectivity index (χ0n) is 16.0. The van der Waals surface area contributed by atoms with Crippen molar-refractivity contribution in [3.8, 4) is 5.69 Å². The van der Waals surface area contributed by atoms with Gasteiger partial charge < -0.3 is 5.32 Å². The highest BCUT2D eigenvalue weighted by Gasteiger charge is 2.30. The van der Waals surface area contributed by atoms with Gasteiger partial charge in [0.25, 0.3) is 11.6 Å². The molecule has 0 unspecified atom stereocenters. The monoisotopic (exact) mass is 432 g/mol. The fraction of sp³-hybridized carbons (Fsp3) is 0.150. The van der Waals surface area contributed by atoms with E-state index in [-0.39, 0.29) is 23.6 Å². The number of hydrogen-bond acceptors (Lipinski definition) is 5. The highest BCUT2D eigenvalue weighted by molar-refractivity contribution is 5.92. The van der Waals surface area contributed by atoms with Crippen molar-refractivity contribution in [3.05, 3.63) is 97.4 Å². The van der Waals surface area contributed by atoms with Gasteiger partial charge >= 0.3 is 6.18 Å². The molecule has 2 aromatic carbocycles. The topological polar surface area (TPSA) is 107 Å². The van der Waals surface area contributed by atoms with E-state index < -0.39 is 33.7 Å². The number of alkyl halides is 3. The summed E-state index contributed by atoms with van der Waals surface area (Å²) >= 11 is 0. The Morgan fingerprint density at radius 3 is 2.42 bits per heavy atom. The molecule has 0 aliphatic carbocycles. The van der Waals surface area contributed by atoms with Gasteiger partial charge in [-0.05, 0) is 30.7 Å². The number of hydrogen-bond donors (Lipinski definition) is 1. The third-order valence-electron chi connectivity index (χ3n) is 4.36. The fourth-order valence-electron chi connectivity index (χ4n) is 2.82. The molecular formula is C20H15F3N4O4. The van der Waals surface area contributed by atoms with Crippen LogP contribution < -0.4 is 10.7 Å². The standard InChI is InChI=1S/C20H15F3N4O4/c1-12-10-17(28)18(25-26(12)15-4-2-3-5-16(15)27(30)31)19(29)24-11-13-6-8-14(9-7-13)20(21,22)23/h2-10H,11H2,1H3,(H,24,29). The molecule has 0 saturated carbocycles. The Labute approximate surface area is 173 Å². The average molecular weight is 432 g/mol. The van der Waals surface area contributed by atoms with E-state index in [9.17, 15) is 32.9 Å². The van der Waals surface area contributed by atoms with Gasteiger partial charge in [0.2, 0.25) is 5.43 Å². The molecule has 0 aliphatic rings. The lowest BCUT2D eigenvalue weighted by atomic mass is 10.1. The molecular weight excluding hydrogens is 417 g/mol. The number of amides is 1. The van der Waals surface area contributed by atoms with Crippen LogP contribution in [0.3, 0.4) is 0 Å². The van der Waals surface area contributed by atoms with Crippen LogP contribution in [0.2, 0.25) is 0 Å². The van der Waals surface area contributed by atoms with E-state index in [1.807, 2.05) is 0 Å². The predicted octanol–water partition coefficient (Wildman–Crippen LogP) is 3.40. The molecule has 11 heteroatoms. The number of aryl methyl sites for hydroxylation is 1. The van der Waals surface area contributed by atoms with Gasteiger partial charge in [-0.3, -0.25) is 19.7 Å². The molecule has 0 aliphatic heterocycles. The van der Waals surface area contributed by atoms with Crippen LogP contribution >= 0.6 is 0 Å². The Morgan fingerprint density at radius 1 is 1.16 bits per heavy atom. The Kier molecular flexibility index (Phi) is 5.86. The molecule has 0 spiro atoms. The number of carbonyl (C=O) groups excluding carboxylic acids is 1. The van der Waals surface area contributed by atoms with Crippen LogP contribution in [0.25, 0.3) is 5.69 Å². The fourth-order valence-corrected chi connectivity index (χ4v) is 2.82. The maximum Gasteiger partial charge on any atom is 0.416 e. The SMILES string of the molecule is Cc1cc(=O)c(C(=O)NCc2ccc(C(F)(F)F)cc2)nn1-c1ccccc1[N+](=O)[O-]. The van der Waals surface area contributed by atoms with Crippen LogP contribution in [0.4, 0.5) is 18.9 Å². The molecule has 0 radical (unpaired) electrons. The molecule has 1 N–H and O–H groups in total. The summed E-state index contributed by atoms with van der Waals surface area (Å²) in [5, 5.41) is 17.7. The minimum absolute atomic E-state index is 0.0711. The van der Waals surface area contributed by atoms with Crippen molar-refractivity contribution >= 4 is 11.6 Å². The maximum atomic E-state index is 12.6. The van der Waals surface area contributed by atoms with E-state index in [1.54, 1.807) is 6.07 Å². The van der Waals surface area contributed by atoms with Crippen molar-refractivity contribution in [1.29, 1.82) is 0 Å². The number of aromatic nitrogens is 2. The van der Waals surface area contributed by atoms with Crippen LogP contribution in [0.15, 0.2) is 59.4 Å². The van der Waals surface area contributed by atoms with Gasteiger partial charge in [0.1, 0.15) is 5.69 Å². The summed E-state index contributed by atoms with van der Waals surface area (Å²) in [6, 6.07) is 11.0. The largest absolute Gasteiger partial charge is 0.416 e. The van der Waals surface area contributed by atoms with Crippen molar-refractivity contribution in [2.75, 3.05) is 0 Å². The second-order valence-electron chi connectivity index (χ2n) is 6.53. The Bertz CT molecular complexity index is 1200. The number of nitro benzene ring substituents is 1. The van der Waals surface area contributed by atoms with Gasteiger partial charge in [0, 0.05) is 24.4 Å². The van der Waals surface area contributed by atoms with Crippen molar-refractivity contribution in [2.24, 2.45) is 0 Å². The number of nitrogens with one attached hydrogen (secondary N) is 1. The maximum absolute atomic E-state index is 12.6. The number of nitrogens with zero attached hydrogens (tertiary/aromatic N) is 3. The van der Waals surface area contributed by atoms with Gasteiger partial charge in [-0.15, -0.1) is 0 Å². The van der Waals surface area contributed by atoms with Crippen molar-refractivity contribution in [3.63, 3.8) is 0 Å². The van der Waals surface area contributed by atoms with E-state index >= 15 is 0 Å². The summed E-state index contributed by atoms with van der Waals surface area (Å²) < 4.78 is 39.0. The van der Waals surface area contributed by atoms with Crippen LogP contribution in [0.5, 0.6) is 0 Å². The van der Waals surface area contributed by atoms with Crippen molar-refractivity contribution in [2.45, 2.75) is 19.6 Å². The number of benzene rings is 2. The van der Waals surface area contributed by atoms with E-state index in [0.29, 0.717) is 5.56 Å². The quantitative estimate of drug-likeness (QED) is 0.491. The summed E-state index contributed by atoms with van der Waals surface area (Å²) in [6.07, 6.45) is -4.47. The first-order chi connectivity index (χ1) is 14.6. The van der Waals surface area contributed by atoms with Crippen LogP contribution in [-0.4, -0.2) is 20.6 Å². The lowest BCUT2D eigenvalue weighted by Crippen LogP contribution is -2.31. The molecule has 1 aromatic heterocycles. The number of halogens is 3. The van der Waals surface area contributed by atoms with Crippen molar-refractivity contribution < 1.29 is 22.9 Å². The highest BCUT2D eigenvalue weighted by Crippen LogP contribution is 2.29. The van der Waals surface area contributed by atoms with Crippen molar-refractivity contribution in [1.82, 2.24) is 15.1 Å². The van der Waals surface area contributed by atoms with Gasteiger partial charge in [-0.1, -0.05) is 24.3 Å². The minimum atomic E-state index is -4.47. The Hall–Kier alpha value is -4.02. The lowest BCUT2D eigenvalue weighted by Gasteiger charge is -2.12. The highest BCUT2D eigenvalue weighted by atomic mass is 19.4. The summed E-state index contributed by atoms with van der Waals surface area (Å²) in [7, 11) is 0. The van der Waals surface area contributed by atoms with Crippen LogP contribution in [0, 0.1) is 17.0 Å². The zero-order valence-corrected chi connectivity index (χ0v) is 16.0. The molecule has 0 bridgehead atoms. The molecule has 3 rings (SSSR count). The summed E-state index contributed by atoms with van der Waals surface area (Å²) in [4.78, 5) is 35.4. The summed E-state index contributed by atoms with van der Waals surface area (Å²) in [5.74, 6) is -0.864. The zero-order chi connectivity index (χ0) is 22.8. The number of carbonyl (C=O) groups is 1. The van der Waals surface area contributed by atoms with Crippen LogP contribution in [-0.2, 0) is 12.7 Å². The second kappa shape index (κ2) is 8.38. The van der Waals surface area contributed by atoms with E-state index in [4.69, 9.17) is 0 Å². The van der Waals surface area contributed by atoms with Gasteiger partial charge in [-0.25, -0.2) is 4.68 Å². The molecule has 0 fully saturated rings. The van der Waals surface area contributed by atoms with Gasteiger partial charge in [-0.2, -0.15) is 18.3 Å². The number of para-hydroxylation sites is 2. The Balaban J connectivity index is 1.86. The summed E-state index contributed by atoms with van der Waals surface area (Å²) in [5.41, 5.74) is -1.56. The first-order valence-electron chi connectivity index (χ1n) is 8.87. The normalized spacial score (nSPS) is 11.2. The van der Waals surface area contributed by atoms with E-state index in [0.717, 1.165) is 22.9 Å². The molecule has 1 heterocycles. The third-order valence-corrected chi connectivity index (χ3v) is 4.36. The molecule has 3 aromatic rings. The number of nitro groups is 1. The molecule has 0 atom stereocenters. The second-order valence-corrected chi connectivity index (χ2v) is 6.53. The third kappa shape index (κ3) is 4.77. The molecule has 31 heavy (non-hydrogen) atoms. The first kappa shape index (κ1) is 21.7. The molecule has 1 amide bonds.